The summed E-state index contributed by atoms with van der Waals surface area (Å²) in [6, 6.07) is 0.675. The van der Waals surface area contributed by atoms with Gasteiger partial charge in [-0.05, 0) is 34.2 Å². The van der Waals surface area contributed by atoms with E-state index >= 15 is 0 Å². The van der Waals surface area contributed by atoms with Gasteiger partial charge in [0.05, 0.1) is 12.2 Å². The van der Waals surface area contributed by atoms with Crippen LogP contribution in [0.3, 0.4) is 0 Å². The molecule has 1 aliphatic rings. The first-order valence-electron chi connectivity index (χ1n) is 5.42. The molecule has 0 spiro atoms. The molecule has 2 nitrogen and oxygen atoms in total. The van der Waals surface area contributed by atoms with Gasteiger partial charge in [0.25, 0.3) is 0 Å². The van der Waals surface area contributed by atoms with E-state index in [1.165, 1.54) is 6.42 Å². The normalized spacial score (nSPS) is 36.0. The Balaban J connectivity index is 2.54. The van der Waals surface area contributed by atoms with Crippen LogP contribution in [0.5, 0.6) is 0 Å². The van der Waals surface area contributed by atoms with Crippen LogP contribution in [0.4, 0.5) is 0 Å². The molecule has 0 bridgehead atoms. The highest BCUT2D eigenvalue weighted by atomic mass is 16.5. The van der Waals surface area contributed by atoms with Crippen LogP contribution in [0.15, 0.2) is 0 Å². The van der Waals surface area contributed by atoms with Crippen molar-refractivity contribution in [3.63, 3.8) is 0 Å². The standard InChI is InChI=1S/C11H23NO/c1-6-10-9(4)12(5)7-11(10)13-8(2)3/h8-11H,6-7H2,1-5H3. The van der Waals surface area contributed by atoms with Gasteiger partial charge in [-0.3, -0.25) is 0 Å². The van der Waals surface area contributed by atoms with Gasteiger partial charge in [0.15, 0.2) is 0 Å². The summed E-state index contributed by atoms with van der Waals surface area (Å²) in [5.74, 6) is 0.715. The molecular formula is C11H23NO. The molecule has 0 amide bonds. The zero-order chi connectivity index (χ0) is 10.0. The Morgan fingerprint density at radius 2 is 2.08 bits per heavy atom. The molecule has 1 rings (SSSR count). The van der Waals surface area contributed by atoms with Crippen LogP contribution in [0.2, 0.25) is 0 Å². The summed E-state index contributed by atoms with van der Waals surface area (Å²) in [6.07, 6.45) is 2.03. The van der Waals surface area contributed by atoms with Gasteiger partial charge < -0.3 is 9.64 Å². The number of likely N-dealkylation sites (N-methyl/N-ethyl adjacent to an activating group) is 1. The molecule has 3 unspecified atom stereocenters. The average molecular weight is 185 g/mol. The third-order valence-electron chi connectivity index (χ3n) is 3.18. The van der Waals surface area contributed by atoms with Gasteiger partial charge >= 0.3 is 0 Å². The van der Waals surface area contributed by atoms with E-state index in [9.17, 15) is 0 Å². The van der Waals surface area contributed by atoms with Crippen molar-refractivity contribution in [1.29, 1.82) is 0 Å². The maximum absolute atomic E-state index is 5.91. The van der Waals surface area contributed by atoms with Gasteiger partial charge in [0.2, 0.25) is 0 Å². The highest BCUT2D eigenvalue weighted by molar-refractivity contribution is 4.89. The lowest BCUT2D eigenvalue weighted by Gasteiger charge is -2.22. The third-order valence-corrected chi connectivity index (χ3v) is 3.18. The Hall–Kier alpha value is -0.0800. The summed E-state index contributed by atoms with van der Waals surface area (Å²) in [7, 11) is 2.19. The van der Waals surface area contributed by atoms with E-state index in [2.05, 4.69) is 39.6 Å². The van der Waals surface area contributed by atoms with Crippen LogP contribution in [0.25, 0.3) is 0 Å². The van der Waals surface area contributed by atoms with E-state index < -0.39 is 0 Å². The molecule has 2 heteroatoms. The molecule has 0 N–H and O–H groups in total. The number of ether oxygens (including phenoxy) is 1. The largest absolute Gasteiger partial charge is 0.374 e. The fourth-order valence-electron chi connectivity index (χ4n) is 2.32. The maximum atomic E-state index is 5.91. The van der Waals surface area contributed by atoms with Crippen LogP contribution in [-0.2, 0) is 4.74 Å². The van der Waals surface area contributed by atoms with Crippen molar-refractivity contribution in [3.05, 3.63) is 0 Å². The van der Waals surface area contributed by atoms with Gasteiger partial charge in [-0.15, -0.1) is 0 Å². The Morgan fingerprint density at radius 1 is 1.46 bits per heavy atom. The molecule has 78 valence electrons. The Bertz CT molecular complexity index is 156. The average Bonchev–Trinajstić information content (AvgIpc) is 2.27. The molecule has 1 aliphatic heterocycles. The first kappa shape index (κ1) is 11.0. The molecule has 13 heavy (non-hydrogen) atoms. The van der Waals surface area contributed by atoms with Crippen molar-refractivity contribution < 1.29 is 4.74 Å². The van der Waals surface area contributed by atoms with E-state index in [1.807, 2.05) is 0 Å². The zero-order valence-corrected chi connectivity index (χ0v) is 9.58. The van der Waals surface area contributed by atoms with E-state index in [0.717, 1.165) is 6.54 Å². The molecule has 1 heterocycles. The first-order chi connectivity index (χ1) is 6.06. The van der Waals surface area contributed by atoms with Crippen LogP contribution >= 0.6 is 0 Å². The summed E-state index contributed by atoms with van der Waals surface area (Å²) in [6.45, 7) is 9.90. The van der Waals surface area contributed by atoms with E-state index in [4.69, 9.17) is 4.74 Å². The number of nitrogens with zero attached hydrogens (tertiary/aromatic N) is 1. The Morgan fingerprint density at radius 3 is 2.54 bits per heavy atom. The third kappa shape index (κ3) is 2.44. The van der Waals surface area contributed by atoms with Crippen LogP contribution < -0.4 is 0 Å². The molecular weight excluding hydrogens is 162 g/mol. The van der Waals surface area contributed by atoms with Crippen molar-refractivity contribution in [2.45, 2.75) is 52.4 Å². The molecule has 0 aromatic carbocycles. The summed E-state index contributed by atoms with van der Waals surface area (Å²) in [4.78, 5) is 2.40. The molecule has 1 saturated heterocycles. The predicted octanol–water partition coefficient (Wildman–Crippen LogP) is 2.14. The lowest BCUT2D eigenvalue weighted by molar-refractivity contribution is -0.00941. The van der Waals surface area contributed by atoms with Crippen molar-refractivity contribution >= 4 is 0 Å². The van der Waals surface area contributed by atoms with Gasteiger partial charge in [-0.2, -0.15) is 0 Å². The minimum atomic E-state index is 0.359. The lowest BCUT2D eigenvalue weighted by Crippen LogP contribution is -2.27. The molecule has 3 atom stereocenters. The summed E-state index contributed by atoms with van der Waals surface area (Å²) in [5, 5.41) is 0. The van der Waals surface area contributed by atoms with Crippen molar-refractivity contribution in [1.82, 2.24) is 4.90 Å². The highest BCUT2D eigenvalue weighted by Crippen LogP contribution is 2.28. The molecule has 1 fully saturated rings. The maximum Gasteiger partial charge on any atom is 0.0748 e. The van der Waals surface area contributed by atoms with E-state index in [0.29, 0.717) is 24.2 Å². The smallest absolute Gasteiger partial charge is 0.0748 e. The molecule has 0 aliphatic carbocycles. The SMILES string of the molecule is CCC1C(OC(C)C)CN(C)C1C. The van der Waals surface area contributed by atoms with Crippen molar-refractivity contribution in [3.8, 4) is 0 Å². The second kappa shape index (κ2) is 4.43. The molecule has 0 radical (unpaired) electrons. The predicted molar refractivity (Wildman–Crippen MR) is 55.9 cm³/mol. The summed E-state index contributed by atoms with van der Waals surface area (Å²) in [5.41, 5.74) is 0. The highest BCUT2D eigenvalue weighted by Gasteiger charge is 2.36. The van der Waals surface area contributed by atoms with Crippen LogP contribution in [0.1, 0.15) is 34.1 Å². The fraction of sp³-hybridized carbons (Fsp3) is 1.00. The van der Waals surface area contributed by atoms with Crippen LogP contribution in [0, 0.1) is 5.92 Å². The van der Waals surface area contributed by atoms with Gasteiger partial charge in [0.1, 0.15) is 0 Å². The monoisotopic (exact) mass is 185 g/mol. The number of rotatable bonds is 3. The lowest BCUT2D eigenvalue weighted by atomic mass is 9.96. The Kier molecular flexibility index (Phi) is 3.74. The van der Waals surface area contributed by atoms with Crippen molar-refractivity contribution in [2.75, 3.05) is 13.6 Å². The fourth-order valence-corrected chi connectivity index (χ4v) is 2.32. The molecule has 0 saturated carbocycles. The molecule has 0 aromatic heterocycles. The van der Waals surface area contributed by atoms with Crippen LogP contribution in [-0.4, -0.2) is 36.7 Å². The van der Waals surface area contributed by atoms with Gasteiger partial charge in [0, 0.05) is 18.5 Å². The summed E-state index contributed by atoms with van der Waals surface area (Å²) < 4.78 is 5.91. The minimum Gasteiger partial charge on any atom is -0.374 e. The number of hydrogen-bond acceptors (Lipinski definition) is 2. The second-order valence-corrected chi connectivity index (χ2v) is 4.48. The minimum absolute atomic E-state index is 0.359. The second-order valence-electron chi connectivity index (χ2n) is 4.48. The molecule has 0 aromatic rings. The van der Waals surface area contributed by atoms with Gasteiger partial charge in [-0.25, -0.2) is 0 Å². The summed E-state index contributed by atoms with van der Waals surface area (Å²) >= 11 is 0. The topological polar surface area (TPSA) is 12.5 Å². The Labute approximate surface area is 82.3 Å². The quantitative estimate of drug-likeness (QED) is 0.668. The zero-order valence-electron chi connectivity index (χ0n) is 9.58. The van der Waals surface area contributed by atoms with Crippen molar-refractivity contribution in [2.24, 2.45) is 5.92 Å². The van der Waals surface area contributed by atoms with E-state index in [1.54, 1.807) is 0 Å². The van der Waals surface area contributed by atoms with E-state index in [-0.39, 0.29) is 0 Å². The number of hydrogen-bond donors (Lipinski definition) is 0. The van der Waals surface area contributed by atoms with Gasteiger partial charge in [-0.1, -0.05) is 6.92 Å². The number of likely N-dealkylation sites (tertiary alicyclic amines) is 1. The first-order valence-corrected chi connectivity index (χ1v) is 5.42.